The number of nitrogens with two attached hydrogens (primary N) is 1. The number of rotatable bonds is 5. The number of benzene rings is 2. The van der Waals surface area contributed by atoms with Crippen LogP contribution in [0.1, 0.15) is 22.4 Å². The highest BCUT2D eigenvalue weighted by Crippen LogP contribution is 2.28. The molecule has 8 heteroatoms. The molecule has 2 aromatic carbocycles. The zero-order chi connectivity index (χ0) is 23.0. The first-order chi connectivity index (χ1) is 15.1. The lowest BCUT2D eigenvalue weighted by molar-refractivity contribution is -0.115. The minimum absolute atomic E-state index is 0.00946. The fourth-order valence-corrected chi connectivity index (χ4v) is 4.14. The van der Waals surface area contributed by atoms with E-state index in [1.807, 2.05) is 35.7 Å². The average Bonchev–Trinajstić information content (AvgIpc) is 3.09. The number of amides is 1. The summed E-state index contributed by atoms with van der Waals surface area (Å²) in [5.41, 5.74) is 7.16. The summed E-state index contributed by atoms with van der Waals surface area (Å²) < 4.78 is 24.8. The number of nitrogens with zero attached hydrogens (tertiary/aromatic N) is 2. The maximum Gasteiger partial charge on any atom is 0.238 e. The van der Waals surface area contributed by atoms with Gasteiger partial charge in [-0.25, -0.2) is 18.5 Å². The zero-order valence-electron chi connectivity index (χ0n) is 18.1. The fraction of sp³-hybridized carbons (Fsp3) is 0.167. The van der Waals surface area contributed by atoms with Crippen LogP contribution in [0.2, 0.25) is 0 Å². The van der Waals surface area contributed by atoms with E-state index in [1.54, 1.807) is 0 Å². The molecule has 0 radical (unpaired) electrons. The van der Waals surface area contributed by atoms with E-state index in [0.717, 1.165) is 33.7 Å². The second-order valence-electron chi connectivity index (χ2n) is 7.89. The molecule has 164 valence electrons. The lowest BCUT2D eigenvalue weighted by Gasteiger charge is -2.09. The molecule has 4 aromatic rings. The van der Waals surface area contributed by atoms with Crippen molar-refractivity contribution in [2.75, 3.05) is 5.32 Å². The summed E-state index contributed by atoms with van der Waals surface area (Å²) in [6, 6.07) is 15.8. The van der Waals surface area contributed by atoms with Gasteiger partial charge in [-0.2, -0.15) is 0 Å². The van der Waals surface area contributed by atoms with Crippen molar-refractivity contribution in [3.8, 4) is 11.3 Å². The number of nitrogens with one attached hydrogen (secondary N) is 1. The molecule has 3 N–H and O–H groups in total. The maximum atomic E-state index is 12.9. The first kappa shape index (κ1) is 21.7. The predicted molar refractivity (Wildman–Crippen MR) is 125 cm³/mol. The Morgan fingerprint density at radius 3 is 2.38 bits per heavy atom. The molecule has 2 heterocycles. The second kappa shape index (κ2) is 8.22. The number of fused-ring (bicyclic) bond motifs is 1. The molecule has 2 aromatic heterocycles. The number of pyridine rings is 1. The van der Waals surface area contributed by atoms with Crippen molar-refractivity contribution < 1.29 is 13.2 Å². The van der Waals surface area contributed by atoms with E-state index in [-0.39, 0.29) is 17.2 Å². The summed E-state index contributed by atoms with van der Waals surface area (Å²) in [7, 11) is -3.78. The third kappa shape index (κ3) is 4.28. The Bertz CT molecular complexity index is 1440. The van der Waals surface area contributed by atoms with Gasteiger partial charge in [0.15, 0.2) is 0 Å². The molecule has 0 spiro atoms. The van der Waals surface area contributed by atoms with Crippen LogP contribution in [0.15, 0.2) is 65.7 Å². The highest BCUT2D eigenvalue weighted by molar-refractivity contribution is 7.89. The van der Waals surface area contributed by atoms with Gasteiger partial charge < -0.3 is 9.72 Å². The van der Waals surface area contributed by atoms with Gasteiger partial charge in [0.05, 0.1) is 22.7 Å². The summed E-state index contributed by atoms with van der Waals surface area (Å²) in [5.74, 6) is -0.234. The minimum Gasteiger partial charge on any atom is -0.326 e. The van der Waals surface area contributed by atoms with Crippen LogP contribution in [-0.2, 0) is 21.2 Å². The second-order valence-corrected chi connectivity index (χ2v) is 9.45. The number of anilines is 1. The molecule has 4 rings (SSSR count). The Morgan fingerprint density at radius 2 is 1.72 bits per heavy atom. The molecule has 0 unspecified atom stereocenters. The zero-order valence-corrected chi connectivity index (χ0v) is 18.9. The van der Waals surface area contributed by atoms with Crippen LogP contribution < -0.4 is 10.5 Å². The first-order valence-electron chi connectivity index (χ1n) is 10.1. The molecular formula is C24H24N4O3S. The van der Waals surface area contributed by atoms with E-state index in [2.05, 4.69) is 31.3 Å². The van der Waals surface area contributed by atoms with Crippen LogP contribution in [0.25, 0.3) is 16.9 Å². The number of sulfonamides is 1. The lowest BCUT2D eigenvalue weighted by Crippen LogP contribution is -2.16. The van der Waals surface area contributed by atoms with Gasteiger partial charge in [-0.05, 0) is 73.9 Å². The monoisotopic (exact) mass is 448 g/mol. The van der Waals surface area contributed by atoms with Crippen LogP contribution in [0.3, 0.4) is 0 Å². The Hall–Kier alpha value is -3.49. The predicted octanol–water partition coefficient (Wildman–Crippen LogP) is 3.76. The van der Waals surface area contributed by atoms with Gasteiger partial charge in [-0.1, -0.05) is 18.2 Å². The van der Waals surface area contributed by atoms with Crippen LogP contribution in [0.4, 0.5) is 5.69 Å². The molecule has 0 fully saturated rings. The number of primary sulfonamides is 1. The summed E-state index contributed by atoms with van der Waals surface area (Å²) in [6.07, 6.45) is 2.01. The van der Waals surface area contributed by atoms with Gasteiger partial charge in [0.2, 0.25) is 15.9 Å². The smallest absolute Gasteiger partial charge is 0.238 e. The van der Waals surface area contributed by atoms with Crippen molar-refractivity contribution in [2.45, 2.75) is 32.1 Å². The molecule has 0 saturated carbocycles. The van der Waals surface area contributed by atoms with E-state index >= 15 is 0 Å². The van der Waals surface area contributed by atoms with Crippen molar-refractivity contribution >= 4 is 27.3 Å². The molecule has 0 saturated heterocycles. The van der Waals surface area contributed by atoms with Gasteiger partial charge in [0.25, 0.3) is 0 Å². The Kier molecular flexibility index (Phi) is 5.58. The Balaban J connectivity index is 1.69. The van der Waals surface area contributed by atoms with Crippen LogP contribution in [0.5, 0.6) is 0 Å². The minimum atomic E-state index is -3.78. The first-order valence-corrected chi connectivity index (χ1v) is 11.6. The van der Waals surface area contributed by atoms with E-state index in [1.165, 1.54) is 29.8 Å². The van der Waals surface area contributed by atoms with Crippen molar-refractivity contribution in [1.29, 1.82) is 0 Å². The summed E-state index contributed by atoms with van der Waals surface area (Å²) in [4.78, 5) is 17.7. The summed E-state index contributed by atoms with van der Waals surface area (Å²) >= 11 is 0. The third-order valence-corrected chi connectivity index (χ3v) is 6.45. The summed E-state index contributed by atoms with van der Waals surface area (Å²) in [6.45, 7) is 6.10. The van der Waals surface area contributed by atoms with Crippen molar-refractivity contribution in [1.82, 2.24) is 9.38 Å². The molecule has 0 atom stereocenters. The number of hydrogen-bond donors (Lipinski definition) is 2. The van der Waals surface area contributed by atoms with Crippen molar-refractivity contribution in [2.24, 2.45) is 5.14 Å². The van der Waals surface area contributed by atoms with Crippen molar-refractivity contribution in [3.63, 3.8) is 0 Å². The SMILES string of the molecule is Cc1ccc(-c2nc3c(C)cccn3c2CC(=O)Nc2ccc(S(N)(=O)=O)cc2)cc1C. The van der Waals surface area contributed by atoms with E-state index in [4.69, 9.17) is 10.1 Å². The average molecular weight is 449 g/mol. The molecular weight excluding hydrogens is 424 g/mol. The van der Waals surface area contributed by atoms with Gasteiger partial charge in [0.1, 0.15) is 5.65 Å². The number of aromatic nitrogens is 2. The van der Waals surface area contributed by atoms with Gasteiger partial charge in [0, 0.05) is 17.4 Å². The normalized spacial score (nSPS) is 11.6. The Morgan fingerprint density at radius 1 is 1.00 bits per heavy atom. The quantitative estimate of drug-likeness (QED) is 0.485. The molecule has 0 aliphatic rings. The van der Waals surface area contributed by atoms with Gasteiger partial charge in [-0.15, -0.1) is 0 Å². The van der Waals surface area contributed by atoms with E-state index < -0.39 is 10.0 Å². The molecule has 32 heavy (non-hydrogen) atoms. The van der Waals surface area contributed by atoms with Gasteiger partial charge in [-0.3, -0.25) is 4.79 Å². The number of aryl methyl sites for hydroxylation is 3. The number of imidazole rings is 1. The molecule has 7 nitrogen and oxygen atoms in total. The molecule has 0 aliphatic carbocycles. The van der Waals surface area contributed by atoms with Gasteiger partial charge >= 0.3 is 0 Å². The van der Waals surface area contributed by atoms with Crippen LogP contribution >= 0.6 is 0 Å². The van der Waals surface area contributed by atoms with E-state index in [0.29, 0.717) is 5.69 Å². The lowest BCUT2D eigenvalue weighted by atomic mass is 10.0. The standard InChI is InChI=1S/C24H24N4O3S/c1-15-6-7-18(13-17(15)3)23-21(28-12-4-5-16(2)24(28)27-23)14-22(29)26-19-8-10-20(11-9-19)32(25,30)31/h4-13H,14H2,1-3H3,(H,26,29)(H2,25,30,31). The largest absolute Gasteiger partial charge is 0.326 e. The molecule has 0 aliphatic heterocycles. The topological polar surface area (TPSA) is 107 Å². The van der Waals surface area contributed by atoms with Crippen LogP contribution in [-0.4, -0.2) is 23.7 Å². The number of carbonyl (C=O) groups excluding carboxylic acids is 1. The highest BCUT2D eigenvalue weighted by Gasteiger charge is 2.19. The number of carbonyl (C=O) groups is 1. The third-order valence-electron chi connectivity index (χ3n) is 5.52. The van der Waals surface area contributed by atoms with E-state index in [9.17, 15) is 13.2 Å². The molecule has 1 amide bonds. The Labute approximate surface area is 187 Å². The highest BCUT2D eigenvalue weighted by atomic mass is 32.2. The van der Waals surface area contributed by atoms with Crippen LogP contribution in [0, 0.1) is 20.8 Å². The maximum absolute atomic E-state index is 12.9. The molecule has 0 bridgehead atoms. The van der Waals surface area contributed by atoms with Crippen molar-refractivity contribution in [3.05, 3.63) is 83.2 Å². The fourth-order valence-electron chi connectivity index (χ4n) is 3.63. The summed E-state index contributed by atoms with van der Waals surface area (Å²) in [5, 5.41) is 7.95. The number of hydrogen-bond acceptors (Lipinski definition) is 4.